The van der Waals surface area contributed by atoms with E-state index in [1.807, 2.05) is 25.1 Å². The SMILES string of the molecule is CCC(C)(C)Nc1cc(C)ccc1C#N. The second-order valence-electron chi connectivity index (χ2n) is 4.52. The van der Waals surface area contributed by atoms with Crippen LogP contribution in [0.3, 0.4) is 0 Å². The number of benzene rings is 1. The summed E-state index contributed by atoms with van der Waals surface area (Å²) in [7, 11) is 0. The van der Waals surface area contributed by atoms with Crippen LogP contribution in [-0.2, 0) is 0 Å². The molecule has 0 amide bonds. The highest BCUT2D eigenvalue weighted by molar-refractivity contribution is 5.59. The first-order valence-corrected chi connectivity index (χ1v) is 5.27. The summed E-state index contributed by atoms with van der Waals surface area (Å²) < 4.78 is 0. The Bertz CT molecular complexity index is 386. The number of nitrogens with one attached hydrogen (secondary N) is 1. The van der Waals surface area contributed by atoms with E-state index < -0.39 is 0 Å². The third-order valence-electron chi connectivity index (χ3n) is 2.65. The van der Waals surface area contributed by atoms with Crippen molar-refractivity contribution in [3.8, 4) is 6.07 Å². The van der Waals surface area contributed by atoms with Crippen LogP contribution in [-0.4, -0.2) is 5.54 Å². The highest BCUT2D eigenvalue weighted by Crippen LogP contribution is 2.22. The number of anilines is 1. The predicted octanol–water partition coefficient (Wildman–Crippen LogP) is 3.47. The van der Waals surface area contributed by atoms with Crippen LogP contribution in [0.15, 0.2) is 18.2 Å². The Kier molecular flexibility index (Phi) is 3.36. The monoisotopic (exact) mass is 202 g/mol. The van der Waals surface area contributed by atoms with Gasteiger partial charge in [-0.15, -0.1) is 0 Å². The normalized spacial score (nSPS) is 10.9. The van der Waals surface area contributed by atoms with Crippen molar-refractivity contribution in [1.82, 2.24) is 0 Å². The van der Waals surface area contributed by atoms with Crippen LogP contribution in [0.25, 0.3) is 0 Å². The van der Waals surface area contributed by atoms with Crippen LogP contribution in [0.4, 0.5) is 5.69 Å². The van der Waals surface area contributed by atoms with Gasteiger partial charge in [0.1, 0.15) is 6.07 Å². The van der Waals surface area contributed by atoms with Crippen molar-refractivity contribution in [2.75, 3.05) is 5.32 Å². The largest absolute Gasteiger partial charge is 0.379 e. The quantitative estimate of drug-likeness (QED) is 0.814. The molecule has 0 bridgehead atoms. The van der Waals surface area contributed by atoms with Gasteiger partial charge < -0.3 is 5.32 Å². The Morgan fingerprint density at radius 1 is 1.40 bits per heavy atom. The van der Waals surface area contributed by atoms with Crippen molar-refractivity contribution in [2.24, 2.45) is 0 Å². The lowest BCUT2D eigenvalue weighted by Gasteiger charge is -2.26. The topological polar surface area (TPSA) is 35.8 Å². The third kappa shape index (κ3) is 2.99. The summed E-state index contributed by atoms with van der Waals surface area (Å²) in [6.07, 6.45) is 1.02. The number of nitrogens with zero attached hydrogens (tertiary/aromatic N) is 1. The Morgan fingerprint density at radius 3 is 2.60 bits per heavy atom. The van der Waals surface area contributed by atoms with E-state index in [1.54, 1.807) is 0 Å². The van der Waals surface area contributed by atoms with Crippen LogP contribution >= 0.6 is 0 Å². The molecule has 1 aromatic carbocycles. The predicted molar refractivity (Wildman–Crippen MR) is 63.9 cm³/mol. The van der Waals surface area contributed by atoms with E-state index in [2.05, 4.69) is 32.2 Å². The molecule has 15 heavy (non-hydrogen) atoms. The van der Waals surface area contributed by atoms with Crippen molar-refractivity contribution < 1.29 is 0 Å². The molecular weight excluding hydrogens is 184 g/mol. The lowest BCUT2D eigenvalue weighted by atomic mass is 10.00. The number of nitriles is 1. The van der Waals surface area contributed by atoms with Crippen LogP contribution in [0.5, 0.6) is 0 Å². The molecule has 0 fully saturated rings. The van der Waals surface area contributed by atoms with E-state index >= 15 is 0 Å². The maximum atomic E-state index is 8.99. The van der Waals surface area contributed by atoms with E-state index in [1.165, 1.54) is 5.56 Å². The van der Waals surface area contributed by atoms with Crippen LogP contribution in [0.2, 0.25) is 0 Å². The molecule has 0 aromatic heterocycles. The summed E-state index contributed by atoms with van der Waals surface area (Å²) >= 11 is 0. The van der Waals surface area contributed by atoms with E-state index in [0.717, 1.165) is 12.1 Å². The fourth-order valence-corrected chi connectivity index (χ4v) is 1.31. The van der Waals surface area contributed by atoms with Crippen molar-refractivity contribution in [2.45, 2.75) is 39.7 Å². The zero-order valence-corrected chi connectivity index (χ0v) is 9.89. The highest BCUT2D eigenvalue weighted by atomic mass is 15.0. The average molecular weight is 202 g/mol. The molecule has 0 aliphatic heterocycles. The van der Waals surface area contributed by atoms with Crippen molar-refractivity contribution >= 4 is 5.69 Å². The zero-order chi connectivity index (χ0) is 11.5. The molecule has 80 valence electrons. The van der Waals surface area contributed by atoms with Gasteiger partial charge in [-0.25, -0.2) is 0 Å². The Balaban J connectivity index is 3.04. The van der Waals surface area contributed by atoms with E-state index in [0.29, 0.717) is 5.56 Å². The molecule has 0 atom stereocenters. The molecular formula is C13H18N2. The molecule has 0 unspecified atom stereocenters. The number of aryl methyl sites for hydroxylation is 1. The molecule has 0 spiro atoms. The lowest BCUT2D eigenvalue weighted by Crippen LogP contribution is -2.30. The maximum Gasteiger partial charge on any atom is 0.101 e. The smallest absolute Gasteiger partial charge is 0.101 e. The summed E-state index contributed by atoms with van der Waals surface area (Å²) in [5.74, 6) is 0. The van der Waals surface area contributed by atoms with Gasteiger partial charge in [-0.05, 0) is 44.9 Å². The van der Waals surface area contributed by atoms with E-state index in [-0.39, 0.29) is 5.54 Å². The molecule has 0 radical (unpaired) electrons. The Hall–Kier alpha value is -1.49. The van der Waals surface area contributed by atoms with E-state index in [4.69, 9.17) is 5.26 Å². The molecule has 0 aliphatic rings. The third-order valence-corrected chi connectivity index (χ3v) is 2.65. The zero-order valence-electron chi connectivity index (χ0n) is 9.89. The van der Waals surface area contributed by atoms with Gasteiger partial charge >= 0.3 is 0 Å². The molecule has 1 N–H and O–H groups in total. The molecule has 0 saturated carbocycles. The van der Waals surface area contributed by atoms with Crippen molar-refractivity contribution in [3.63, 3.8) is 0 Å². The minimum Gasteiger partial charge on any atom is -0.379 e. The summed E-state index contributed by atoms with van der Waals surface area (Å²) in [5.41, 5.74) is 2.84. The first-order chi connectivity index (χ1) is 6.98. The minimum absolute atomic E-state index is 0.0272. The molecule has 2 nitrogen and oxygen atoms in total. The first-order valence-electron chi connectivity index (χ1n) is 5.27. The van der Waals surface area contributed by atoms with Gasteiger partial charge in [0.25, 0.3) is 0 Å². The molecule has 0 heterocycles. The van der Waals surface area contributed by atoms with Crippen molar-refractivity contribution in [1.29, 1.82) is 5.26 Å². The van der Waals surface area contributed by atoms with Crippen molar-refractivity contribution in [3.05, 3.63) is 29.3 Å². The van der Waals surface area contributed by atoms with Gasteiger partial charge in [0.2, 0.25) is 0 Å². The maximum absolute atomic E-state index is 8.99. The summed E-state index contributed by atoms with van der Waals surface area (Å²) in [6.45, 7) is 8.44. The second kappa shape index (κ2) is 4.35. The molecule has 2 heteroatoms. The fourth-order valence-electron chi connectivity index (χ4n) is 1.31. The van der Waals surface area contributed by atoms with Gasteiger partial charge in [-0.2, -0.15) is 5.26 Å². The molecule has 0 aliphatic carbocycles. The standard InChI is InChI=1S/C13H18N2/c1-5-13(3,4)15-12-8-10(2)6-7-11(12)9-14/h6-8,15H,5H2,1-4H3. The second-order valence-corrected chi connectivity index (χ2v) is 4.52. The van der Waals surface area contributed by atoms with E-state index in [9.17, 15) is 0 Å². The Morgan fingerprint density at radius 2 is 2.07 bits per heavy atom. The number of hydrogen-bond acceptors (Lipinski definition) is 2. The van der Waals surface area contributed by atoms with Gasteiger partial charge in [0.15, 0.2) is 0 Å². The van der Waals surface area contributed by atoms with Crippen LogP contribution in [0, 0.1) is 18.3 Å². The first kappa shape index (κ1) is 11.6. The summed E-state index contributed by atoms with van der Waals surface area (Å²) in [4.78, 5) is 0. The minimum atomic E-state index is 0.0272. The molecule has 0 saturated heterocycles. The number of hydrogen-bond donors (Lipinski definition) is 1. The average Bonchev–Trinajstić information content (AvgIpc) is 2.18. The highest BCUT2D eigenvalue weighted by Gasteiger charge is 2.15. The van der Waals surface area contributed by atoms with Crippen LogP contribution < -0.4 is 5.32 Å². The molecule has 1 rings (SSSR count). The Labute approximate surface area is 91.9 Å². The van der Waals surface area contributed by atoms with Gasteiger partial charge in [0.05, 0.1) is 11.3 Å². The molecule has 1 aromatic rings. The van der Waals surface area contributed by atoms with Gasteiger partial charge in [0, 0.05) is 5.54 Å². The summed E-state index contributed by atoms with van der Waals surface area (Å²) in [6, 6.07) is 8.06. The van der Waals surface area contributed by atoms with Gasteiger partial charge in [-0.3, -0.25) is 0 Å². The lowest BCUT2D eigenvalue weighted by molar-refractivity contribution is 0.547. The van der Waals surface area contributed by atoms with Crippen LogP contribution in [0.1, 0.15) is 38.3 Å². The fraction of sp³-hybridized carbons (Fsp3) is 0.462. The summed E-state index contributed by atoms with van der Waals surface area (Å²) in [5, 5.41) is 12.4. The number of rotatable bonds is 3. The van der Waals surface area contributed by atoms with Gasteiger partial charge in [-0.1, -0.05) is 13.0 Å².